The van der Waals surface area contributed by atoms with Crippen molar-refractivity contribution in [2.75, 3.05) is 13.4 Å². The van der Waals surface area contributed by atoms with E-state index < -0.39 is 10.8 Å². The van der Waals surface area contributed by atoms with Gasteiger partial charge in [-0.2, -0.15) is 0 Å². The van der Waals surface area contributed by atoms with E-state index in [4.69, 9.17) is 4.74 Å². The van der Waals surface area contributed by atoms with Crippen LogP contribution in [-0.4, -0.2) is 30.2 Å². The number of hydrogen-bond acceptors (Lipinski definition) is 5. The number of nitrogens with one attached hydrogen (secondary N) is 1. The van der Waals surface area contributed by atoms with Crippen LogP contribution in [0.2, 0.25) is 0 Å². The lowest BCUT2D eigenvalue weighted by atomic mass is 9.79. The Morgan fingerprint density at radius 3 is 2.46 bits per heavy atom. The van der Waals surface area contributed by atoms with E-state index in [1.54, 1.807) is 0 Å². The van der Waals surface area contributed by atoms with Gasteiger partial charge in [-0.1, -0.05) is 44.2 Å². The second-order valence-electron chi connectivity index (χ2n) is 7.31. The topological polar surface area (TPSA) is 81.5 Å². The zero-order chi connectivity index (χ0) is 20.9. The van der Waals surface area contributed by atoms with Crippen LogP contribution in [0, 0.1) is 10.1 Å². The van der Waals surface area contributed by atoms with Crippen LogP contribution in [0.25, 0.3) is 0 Å². The average Bonchev–Trinajstić information content (AvgIpc) is 2.66. The van der Waals surface area contributed by atoms with E-state index in [1.807, 2.05) is 31.4 Å². The van der Waals surface area contributed by atoms with Gasteiger partial charge in [0.2, 0.25) is 0 Å². The first kappa shape index (κ1) is 21.8. The van der Waals surface area contributed by atoms with Gasteiger partial charge in [0, 0.05) is 6.04 Å². The van der Waals surface area contributed by atoms with Crippen molar-refractivity contribution in [2.24, 2.45) is 0 Å². The summed E-state index contributed by atoms with van der Waals surface area (Å²) < 4.78 is 5.20. The van der Waals surface area contributed by atoms with Gasteiger partial charge in [-0.25, -0.2) is 0 Å². The molecule has 0 aliphatic carbocycles. The smallest absolute Gasteiger partial charge is 0.285 e. The number of ether oxygens (including phenoxy) is 1. The molecule has 0 fully saturated rings. The number of nitro groups is 1. The summed E-state index contributed by atoms with van der Waals surface area (Å²) in [6.45, 7) is 6.15. The number of carbonyl (C=O) groups excluding carboxylic acids is 1. The van der Waals surface area contributed by atoms with Crippen LogP contribution in [0.4, 0.5) is 5.69 Å². The average molecular weight is 403 g/mol. The van der Waals surface area contributed by atoms with Crippen LogP contribution in [0.5, 0.6) is 5.75 Å². The number of amides is 1. The molecule has 1 atom stereocenters. The molecule has 0 spiro atoms. The molecule has 0 saturated heterocycles. The largest absolute Gasteiger partial charge is 0.495 e. The molecule has 1 unspecified atom stereocenters. The predicted molar refractivity (Wildman–Crippen MR) is 112 cm³/mol. The minimum atomic E-state index is -0.555. The molecule has 28 heavy (non-hydrogen) atoms. The third-order valence-corrected chi connectivity index (χ3v) is 5.45. The molecule has 2 aromatic rings. The molecular formula is C21H26N2O4S. The van der Waals surface area contributed by atoms with Gasteiger partial charge >= 0.3 is 0 Å². The normalized spacial score (nSPS) is 12.3. The maximum absolute atomic E-state index is 12.8. The third-order valence-electron chi connectivity index (χ3n) is 4.69. The van der Waals surface area contributed by atoms with E-state index in [1.165, 1.54) is 36.6 Å². The molecule has 2 aromatic carbocycles. The first-order valence-corrected chi connectivity index (χ1v) is 10.2. The SMILES string of the molecule is COc1cc([N+](=O)[O-])c(C(=O)NC(C)CC(C)(C)c2ccccc2)cc1SC. The first-order chi connectivity index (χ1) is 13.2. The molecule has 0 aromatic heterocycles. The molecule has 1 N–H and O–H groups in total. The number of methoxy groups -OCH3 is 1. The van der Waals surface area contributed by atoms with E-state index in [0.29, 0.717) is 17.1 Å². The number of rotatable bonds is 8. The quantitative estimate of drug-likeness (QED) is 0.389. The van der Waals surface area contributed by atoms with Gasteiger partial charge in [-0.15, -0.1) is 11.8 Å². The molecular weight excluding hydrogens is 376 g/mol. The molecule has 0 radical (unpaired) electrons. The predicted octanol–water partition coefficient (Wildman–Crippen LogP) is 4.81. The highest BCUT2D eigenvalue weighted by molar-refractivity contribution is 7.98. The number of carbonyl (C=O) groups is 1. The molecule has 7 heteroatoms. The summed E-state index contributed by atoms with van der Waals surface area (Å²) in [4.78, 5) is 24.4. The Morgan fingerprint density at radius 2 is 1.93 bits per heavy atom. The van der Waals surface area contributed by atoms with Crippen molar-refractivity contribution in [3.63, 3.8) is 0 Å². The van der Waals surface area contributed by atoms with Crippen LogP contribution < -0.4 is 10.1 Å². The van der Waals surface area contributed by atoms with Gasteiger partial charge < -0.3 is 10.1 Å². The van der Waals surface area contributed by atoms with E-state index in [0.717, 1.165) is 0 Å². The van der Waals surface area contributed by atoms with Crippen molar-refractivity contribution in [1.82, 2.24) is 5.32 Å². The highest BCUT2D eigenvalue weighted by Crippen LogP contribution is 2.35. The molecule has 0 bridgehead atoms. The zero-order valence-corrected chi connectivity index (χ0v) is 17.6. The standard InChI is InChI=1S/C21H26N2O4S/c1-14(13-21(2,3)15-9-7-6-8-10-15)22-20(24)16-11-19(28-5)18(27-4)12-17(16)23(25)26/h6-12,14H,13H2,1-5H3,(H,22,24). The molecule has 0 aliphatic heterocycles. The summed E-state index contributed by atoms with van der Waals surface area (Å²) in [5, 5.41) is 14.4. The summed E-state index contributed by atoms with van der Waals surface area (Å²) in [7, 11) is 1.45. The molecule has 2 rings (SSSR count). The molecule has 0 saturated carbocycles. The summed E-state index contributed by atoms with van der Waals surface area (Å²) >= 11 is 1.37. The maximum atomic E-state index is 12.8. The molecule has 0 heterocycles. The number of benzene rings is 2. The van der Waals surface area contributed by atoms with Crippen molar-refractivity contribution in [2.45, 2.75) is 43.5 Å². The maximum Gasteiger partial charge on any atom is 0.285 e. The zero-order valence-electron chi connectivity index (χ0n) is 16.8. The molecule has 1 amide bonds. The van der Waals surface area contributed by atoms with E-state index in [2.05, 4.69) is 31.3 Å². The Hall–Kier alpha value is -2.54. The van der Waals surface area contributed by atoms with Crippen molar-refractivity contribution < 1.29 is 14.5 Å². The summed E-state index contributed by atoms with van der Waals surface area (Å²) in [6, 6.07) is 12.7. The Morgan fingerprint density at radius 1 is 1.29 bits per heavy atom. The van der Waals surface area contributed by atoms with Gasteiger partial charge in [-0.05, 0) is 36.6 Å². The van der Waals surface area contributed by atoms with Gasteiger partial charge in [0.05, 0.1) is 23.0 Å². The number of nitrogens with zero attached hydrogens (tertiary/aromatic N) is 1. The fourth-order valence-electron chi connectivity index (χ4n) is 3.33. The lowest BCUT2D eigenvalue weighted by Crippen LogP contribution is -2.37. The van der Waals surface area contributed by atoms with Crippen LogP contribution >= 0.6 is 11.8 Å². The molecule has 0 aliphatic rings. The lowest BCUT2D eigenvalue weighted by molar-refractivity contribution is -0.385. The second-order valence-corrected chi connectivity index (χ2v) is 8.16. The van der Waals surface area contributed by atoms with Crippen molar-refractivity contribution >= 4 is 23.4 Å². The Labute approximate surface area is 169 Å². The Balaban J connectivity index is 2.23. The Bertz CT molecular complexity index is 853. The van der Waals surface area contributed by atoms with Gasteiger partial charge in [-0.3, -0.25) is 14.9 Å². The van der Waals surface area contributed by atoms with Crippen LogP contribution in [0.3, 0.4) is 0 Å². The van der Waals surface area contributed by atoms with Crippen molar-refractivity contribution in [1.29, 1.82) is 0 Å². The van der Waals surface area contributed by atoms with Crippen molar-refractivity contribution in [3.8, 4) is 5.75 Å². The minimum Gasteiger partial charge on any atom is -0.495 e. The van der Waals surface area contributed by atoms with Crippen LogP contribution in [0.15, 0.2) is 47.4 Å². The fraction of sp³-hybridized carbons (Fsp3) is 0.381. The number of nitro benzene ring substituents is 1. The van der Waals surface area contributed by atoms with Gasteiger partial charge in [0.15, 0.2) is 0 Å². The summed E-state index contributed by atoms with van der Waals surface area (Å²) in [5.41, 5.74) is 0.807. The number of thioether (sulfide) groups is 1. The van der Waals surface area contributed by atoms with E-state index in [-0.39, 0.29) is 22.7 Å². The third kappa shape index (κ3) is 5.04. The van der Waals surface area contributed by atoms with Gasteiger partial charge in [0.25, 0.3) is 11.6 Å². The van der Waals surface area contributed by atoms with Crippen LogP contribution in [-0.2, 0) is 5.41 Å². The van der Waals surface area contributed by atoms with E-state index >= 15 is 0 Å². The highest BCUT2D eigenvalue weighted by atomic mass is 32.2. The minimum absolute atomic E-state index is 0.0412. The van der Waals surface area contributed by atoms with Gasteiger partial charge in [0.1, 0.15) is 11.3 Å². The highest BCUT2D eigenvalue weighted by Gasteiger charge is 2.27. The van der Waals surface area contributed by atoms with Crippen molar-refractivity contribution in [3.05, 3.63) is 63.7 Å². The lowest BCUT2D eigenvalue weighted by Gasteiger charge is -2.29. The Kier molecular flexibility index (Phi) is 7.07. The number of hydrogen-bond donors (Lipinski definition) is 1. The first-order valence-electron chi connectivity index (χ1n) is 8.96. The second kappa shape index (κ2) is 9.10. The van der Waals surface area contributed by atoms with Crippen LogP contribution in [0.1, 0.15) is 43.1 Å². The monoisotopic (exact) mass is 402 g/mol. The van der Waals surface area contributed by atoms with E-state index in [9.17, 15) is 14.9 Å². The summed E-state index contributed by atoms with van der Waals surface area (Å²) in [5.74, 6) is -0.0741. The molecule has 150 valence electrons. The molecule has 6 nitrogen and oxygen atoms in total. The summed E-state index contributed by atoms with van der Waals surface area (Å²) in [6.07, 6.45) is 2.53. The fourth-order valence-corrected chi connectivity index (χ4v) is 3.91.